The zero-order chi connectivity index (χ0) is 12.3. The highest BCUT2D eigenvalue weighted by molar-refractivity contribution is 5.90. The maximum atomic E-state index is 10.7. The monoisotopic (exact) mass is 232 g/mol. The minimum absolute atomic E-state index is 0.360. The first-order valence-corrected chi connectivity index (χ1v) is 5.00. The molecule has 0 aliphatic rings. The maximum Gasteiger partial charge on any atom is 0.137 e. The molecule has 1 aromatic carbocycles. The van der Waals surface area contributed by atoms with Gasteiger partial charge in [0.05, 0.1) is 24.1 Å². The molecule has 0 aliphatic carbocycles. The molecular weight excluding hydrogens is 222 g/mol. The molecule has 1 heterocycles. The van der Waals surface area contributed by atoms with E-state index in [2.05, 4.69) is 15.3 Å². The fourth-order valence-electron chi connectivity index (χ4n) is 1.46. The SMILES string of the molecule is O=C([O-])[C@H](CO)Nc1ncnc2ccccc12. The van der Waals surface area contributed by atoms with Crippen LogP contribution in [0.3, 0.4) is 0 Å². The molecule has 88 valence electrons. The van der Waals surface area contributed by atoms with Gasteiger partial charge < -0.3 is 20.3 Å². The van der Waals surface area contributed by atoms with Crippen LogP contribution in [0.1, 0.15) is 0 Å². The molecule has 6 heteroatoms. The van der Waals surface area contributed by atoms with Crippen molar-refractivity contribution < 1.29 is 15.0 Å². The van der Waals surface area contributed by atoms with Crippen molar-refractivity contribution >= 4 is 22.7 Å². The number of para-hydroxylation sites is 1. The summed E-state index contributed by atoms with van der Waals surface area (Å²) in [6.45, 7) is -0.569. The van der Waals surface area contributed by atoms with Crippen molar-refractivity contribution in [2.45, 2.75) is 6.04 Å². The van der Waals surface area contributed by atoms with Gasteiger partial charge in [-0.05, 0) is 12.1 Å². The first-order chi connectivity index (χ1) is 8.22. The summed E-state index contributed by atoms with van der Waals surface area (Å²) in [5.41, 5.74) is 0.694. The Morgan fingerprint density at radius 1 is 1.41 bits per heavy atom. The Bertz CT molecular complexity index is 539. The van der Waals surface area contributed by atoms with Crippen molar-refractivity contribution in [1.29, 1.82) is 0 Å². The molecule has 0 radical (unpaired) electrons. The van der Waals surface area contributed by atoms with Gasteiger partial charge in [-0.3, -0.25) is 0 Å². The van der Waals surface area contributed by atoms with Crippen molar-refractivity contribution in [3.8, 4) is 0 Å². The Kier molecular flexibility index (Phi) is 3.15. The van der Waals surface area contributed by atoms with E-state index in [1.165, 1.54) is 6.33 Å². The first kappa shape index (κ1) is 11.3. The summed E-state index contributed by atoms with van der Waals surface area (Å²) in [7, 11) is 0. The summed E-state index contributed by atoms with van der Waals surface area (Å²) in [4.78, 5) is 18.7. The van der Waals surface area contributed by atoms with Crippen LogP contribution in [-0.2, 0) is 4.79 Å². The van der Waals surface area contributed by atoms with Gasteiger partial charge in [0.1, 0.15) is 12.1 Å². The Morgan fingerprint density at radius 3 is 2.88 bits per heavy atom. The number of carboxylic acid groups (broad SMARTS) is 1. The summed E-state index contributed by atoms with van der Waals surface area (Å²) < 4.78 is 0. The number of aliphatic carboxylic acids is 1. The van der Waals surface area contributed by atoms with Crippen LogP contribution in [0, 0.1) is 0 Å². The number of aliphatic hydroxyl groups is 1. The third-order valence-corrected chi connectivity index (χ3v) is 2.32. The zero-order valence-electron chi connectivity index (χ0n) is 8.83. The molecule has 2 aromatic rings. The molecule has 17 heavy (non-hydrogen) atoms. The number of carboxylic acids is 1. The minimum Gasteiger partial charge on any atom is -0.548 e. The molecule has 0 saturated carbocycles. The van der Waals surface area contributed by atoms with Crippen LogP contribution in [0.25, 0.3) is 10.9 Å². The largest absolute Gasteiger partial charge is 0.548 e. The molecule has 2 N–H and O–H groups in total. The Labute approximate surface area is 96.9 Å². The zero-order valence-corrected chi connectivity index (χ0v) is 8.83. The van der Waals surface area contributed by atoms with Crippen molar-refractivity contribution in [2.75, 3.05) is 11.9 Å². The lowest BCUT2D eigenvalue weighted by molar-refractivity contribution is -0.307. The first-order valence-electron chi connectivity index (χ1n) is 5.00. The van der Waals surface area contributed by atoms with Gasteiger partial charge in [0, 0.05) is 5.39 Å². The highest BCUT2D eigenvalue weighted by Gasteiger charge is 2.11. The Hall–Kier alpha value is -2.21. The average Bonchev–Trinajstić information content (AvgIpc) is 2.35. The number of aromatic nitrogens is 2. The predicted octanol–water partition coefficient (Wildman–Crippen LogP) is -0.847. The second-order valence-corrected chi connectivity index (χ2v) is 3.44. The smallest absolute Gasteiger partial charge is 0.137 e. The number of nitrogens with one attached hydrogen (secondary N) is 1. The summed E-state index contributed by atoms with van der Waals surface area (Å²) in [6, 6.07) is 5.98. The van der Waals surface area contributed by atoms with E-state index < -0.39 is 18.6 Å². The summed E-state index contributed by atoms with van der Waals surface area (Å²) in [5.74, 6) is -1.02. The maximum absolute atomic E-state index is 10.7. The van der Waals surface area contributed by atoms with Gasteiger partial charge in [-0.25, -0.2) is 9.97 Å². The average molecular weight is 232 g/mol. The van der Waals surface area contributed by atoms with Crippen LogP contribution >= 0.6 is 0 Å². The standard InChI is InChI=1S/C11H11N3O3/c15-5-9(11(16)17)14-10-7-3-1-2-4-8(7)12-6-13-10/h1-4,6,9,15H,5H2,(H,16,17)(H,12,13,14)/p-1/t9-/m0/s1. The Balaban J connectivity index is 2.38. The van der Waals surface area contributed by atoms with Gasteiger partial charge in [-0.15, -0.1) is 0 Å². The normalized spacial score (nSPS) is 12.3. The van der Waals surface area contributed by atoms with Gasteiger partial charge in [-0.1, -0.05) is 12.1 Å². The highest BCUT2D eigenvalue weighted by atomic mass is 16.4. The van der Waals surface area contributed by atoms with E-state index in [-0.39, 0.29) is 0 Å². The van der Waals surface area contributed by atoms with E-state index in [1.54, 1.807) is 18.2 Å². The summed E-state index contributed by atoms with van der Waals surface area (Å²) in [5, 5.41) is 22.9. The second-order valence-electron chi connectivity index (χ2n) is 3.44. The lowest BCUT2D eigenvalue weighted by Gasteiger charge is -2.18. The van der Waals surface area contributed by atoms with Crippen LogP contribution in [-0.4, -0.2) is 33.7 Å². The summed E-state index contributed by atoms with van der Waals surface area (Å²) >= 11 is 0. The van der Waals surface area contributed by atoms with E-state index in [1.807, 2.05) is 6.07 Å². The van der Waals surface area contributed by atoms with Gasteiger partial charge >= 0.3 is 0 Å². The number of aliphatic hydroxyl groups excluding tert-OH is 1. The van der Waals surface area contributed by atoms with E-state index in [9.17, 15) is 9.90 Å². The molecule has 0 spiro atoms. The number of benzene rings is 1. The van der Waals surface area contributed by atoms with Gasteiger partial charge in [0.25, 0.3) is 0 Å². The molecule has 0 unspecified atom stereocenters. The summed E-state index contributed by atoms with van der Waals surface area (Å²) in [6.07, 6.45) is 1.33. The lowest BCUT2D eigenvalue weighted by atomic mass is 10.2. The number of anilines is 1. The molecule has 1 atom stereocenters. The predicted molar refractivity (Wildman–Crippen MR) is 59.0 cm³/mol. The van der Waals surface area contributed by atoms with Crippen LogP contribution in [0.4, 0.5) is 5.82 Å². The fourth-order valence-corrected chi connectivity index (χ4v) is 1.46. The number of hydrogen-bond donors (Lipinski definition) is 2. The number of hydrogen-bond acceptors (Lipinski definition) is 6. The molecule has 1 aromatic heterocycles. The number of rotatable bonds is 4. The molecule has 0 amide bonds. The number of fused-ring (bicyclic) bond motifs is 1. The number of nitrogens with zero attached hydrogens (tertiary/aromatic N) is 2. The van der Waals surface area contributed by atoms with Crippen LogP contribution in [0.5, 0.6) is 0 Å². The van der Waals surface area contributed by atoms with Gasteiger partial charge in [0.15, 0.2) is 0 Å². The fraction of sp³-hybridized carbons (Fsp3) is 0.182. The topological polar surface area (TPSA) is 98.2 Å². The third kappa shape index (κ3) is 2.31. The van der Waals surface area contributed by atoms with Gasteiger partial charge in [0.2, 0.25) is 0 Å². The van der Waals surface area contributed by atoms with E-state index >= 15 is 0 Å². The number of carbonyl (C=O) groups is 1. The van der Waals surface area contributed by atoms with E-state index in [0.717, 1.165) is 0 Å². The molecule has 2 rings (SSSR count). The van der Waals surface area contributed by atoms with Crippen LogP contribution in [0.15, 0.2) is 30.6 Å². The third-order valence-electron chi connectivity index (χ3n) is 2.32. The minimum atomic E-state index is -1.38. The van der Waals surface area contributed by atoms with Gasteiger partial charge in [-0.2, -0.15) is 0 Å². The van der Waals surface area contributed by atoms with E-state index in [4.69, 9.17) is 5.11 Å². The molecule has 0 fully saturated rings. The quantitative estimate of drug-likeness (QED) is 0.712. The molecular formula is C11H10N3O3-. The van der Waals surface area contributed by atoms with Crippen LogP contribution < -0.4 is 10.4 Å². The number of carbonyl (C=O) groups excluding carboxylic acids is 1. The van der Waals surface area contributed by atoms with E-state index in [0.29, 0.717) is 16.7 Å². The van der Waals surface area contributed by atoms with Crippen molar-refractivity contribution in [1.82, 2.24) is 9.97 Å². The Morgan fingerprint density at radius 2 is 2.18 bits per heavy atom. The van der Waals surface area contributed by atoms with Crippen molar-refractivity contribution in [3.63, 3.8) is 0 Å². The molecule has 0 bridgehead atoms. The van der Waals surface area contributed by atoms with Crippen LogP contribution in [0.2, 0.25) is 0 Å². The second kappa shape index (κ2) is 4.75. The molecule has 6 nitrogen and oxygen atoms in total. The molecule has 0 aliphatic heterocycles. The molecule has 0 saturated heterocycles. The van der Waals surface area contributed by atoms with Crippen molar-refractivity contribution in [2.24, 2.45) is 0 Å². The highest BCUT2D eigenvalue weighted by Crippen LogP contribution is 2.18. The van der Waals surface area contributed by atoms with Crippen molar-refractivity contribution in [3.05, 3.63) is 30.6 Å². The lowest BCUT2D eigenvalue weighted by Crippen LogP contribution is -2.43.